The number of aliphatic hydroxyl groups excluding tert-OH is 2. The van der Waals surface area contributed by atoms with E-state index < -0.39 is 17.9 Å². The third-order valence-electron chi connectivity index (χ3n) is 6.84. The van der Waals surface area contributed by atoms with Crippen LogP contribution in [0.1, 0.15) is 34.3 Å². The van der Waals surface area contributed by atoms with Crippen LogP contribution in [0.25, 0.3) is 10.9 Å². The fraction of sp³-hybridized carbons (Fsp3) is 0.391. The number of hydrogen-bond acceptors (Lipinski definition) is 6. The summed E-state index contributed by atoms with van der Waals surface area (Å²) < 4.78 is 0. The number of fused-ring (bicyclic) bond motifs is 3. The van der Waals surface area contributed by atoms with Crippen molar-refractivity contribution in [2.24, 2.45) is 0 Å². The molecule has 8 nitrogen and oxygen atoms in total. The minimum atomic E-state index is -1.54. The summed E-state index contributed by atoms with van der Waals surface area (Å²) in [5, 5.41) is 38.2. The van der Waals surface area contributed by atoms with Crippen molar-refractivity contribution in [1.82, 2.24) is 15.1 Å². The van der Waals surface area contributed by atoms with Gasteiger partial charge >= 0.3 is 0 Å². The number of aliphatic hydroxyl groups is 3. The van der Waals surface area contributed by atoms with Gasteiger partial charge in [-0.1, -0.05) is 12.1 Å². The van der Waals surface area contributed by atoms with Crippen LogP contribution in [0.2, 0.25) is 0 Å². The van der Waals surface area contributed by atoms with E-state index >= 15 is 0 Å². The topological polar surface area (TPSA) is 113 Å². The first-order valence-electron chi connectivity index (χ1n) is 10.5. The zero-order valence-electron chi connectivity index (χ0n) is 17.3. The van der Waals surface area contributed by atoms with Gasteiger partial charge in [0.05, 0.1) is 18.3 Å². The van der Waals surface area contributed by atoms with Gasteiger partial charge in [0.15, 0.2) is 6.29 Å². The van der Waals surface area contributed by atoms with Crippen molar-refractivity contribution in [3.05, 3.63) is 59.3 Å². The molecule has 2 aromatic carbocycles. The summed E-state index contributed by atoms with van der Waals surface area (Å²) in [5.41, 5.74) is 3.93. The molecule has 1 saturated heterocycles. The highest BCUT2D eigenvalue weighted by molar-refractivity contribution is 5.98. The molecule has 162 valence electrons. The van der Waals surface area contributed by atoms with Crippen LogP contribution in [0.3, 0.4) is 0 Å². The zero-order chi connectivity index (χ0) is 21.8. The largest absolute Gasteiger partial charge is 0.373 e. The van der Waals surface area contributed by atoms with E-state index in [2.05, 4.69) is 10.2 Å². The number of nitrogens with one attached hydrogen (secondary N) is 1. The number of aryl methyl sites for hydroxylation is 1. The highest BCUT2D eigenvalue weighted by atomic mass is 16.5. The van der Waals surface area contributed by atoms with Gasteiger partial charge in [0.1, 0.15) is 6.23 Å². The van der Waals surface area contributed by atoms with Crippen molar-refractivity contribution in [2.45, 2.75) is 37.7 Å². The maximum Gasteiger partial charge on any atom is 0.253 e. The Morgan fingerprint density at radius 1 is 1.26 bits per heavy atom. The summed E-state index contributed by atoms with van der Waals surface area (Å²) in [6.07, 6.45) is 0.492. The molecule has 1 aromatic heterocycles. The summed E-state index contributed by atoms with van der Waals surface area (Å²) >= 11 is 0. The predicted octanol–water partition coefficient (Wildman–Crippen LogP) is 1.49. The maximum absolute atomic E-state index is 13.1. The van der Waals surface area contributed by atoms with Crippen LogP contribution in [0, 0.1) is 6.92 Å². The van der Waals surface area contributed by atoms with E-state index in [9.17, 15) is 20.1 Å². The van der Waals surface area contributed by atoms with Gasteiger partial charge in [0, 0.05) is 35.1 Å². The van der Waals surface area contributed by atoms with Crippen LogP contribution < -0.4 is 4.90 Å². The van der Waals surface area contributed by atoms with E-state index in [0.717, 1.165) is 27.7 Å². The Morgan fingerprint density at radius 3 is 2.77 bits per heavy atom. The average molecular weight is 422 g/mol. The third-order valence-corrected chi connectivity index (χ3v) is 6.84. The van der Waals surface area contributed by atoms with Crippen molar-refractivity contribution < 1.29 is 20.1 Å². The van der Waals surface area contributed by atoms with E-state index in [1.165, 1.54) is 0 Å². The monoisotopic (exact) mass is 422 g/mol. The number of anilines is 1. The highest BCUT2D eigenvalue weighted by Gasteiger charge is 2.53. The van der Waals surface area contributed by atoms with Gasteiger partial charge in [0.2, 0.25) is 0 Å². The van der Waals surface area contributed by atoms with Crippen molar-refractivity contribution in [1.29, 1.82) is 0 Å². The molecule has 1 fully saturated rings. The van der Waals surface area contributed by atoms with Gasteiger partial charge < -0.3 is 25.1 Å². The van der Waals surface area contributed by atoms with E-state index in [4.69, 9.17) is 0 Å². The number of nitrogens with zero attached hydrogens (tertiary/aromatic N) is 3. The van der Waals surface area contributed by atoms with Crippen LogP contribution in [0.4, 0.5) is 5.69 Å². The lowest BCUT2D eigenvalue weighted by Gasteiger charge is -2.43. The molecule has 0 aliphatic carbocycles. The van der Waals surface area contributed by atoms with Crippen molar-refractivity contribution in [3.8, 4) is 0 Å². The number of rotatable bonds is 3. The first-order chi connectivity index (χ1) is 14.9. The fourth-order valence-electron chi connectivity index (χ4n) is 5.35. The Kier molecular flexibility index (Phi) is 4.73. The molecule has 1 unspecified atom stereocenters. The number of aromatic nitrogens is 2. The number of carbonyl (C=O) groups excluding carboxylic acids is 1. The molecule has 4 N–H and O–H groups in total. The van der Waals surface area contributed by atoms with Gasteiger partial charge in [-0.2, -0.15) is 5.10 Å². The van der Waals surface area contributed by atoms with E-state index in [1.807, 2.05) is 48.2 Å². The van der Waals surface area contributed by atoms with Crippen LogP contribution in [0.5, 0.6) is 0 Å². The zero-order valence-corrected chi connectivity index (χ0v) is 17.3. The Hall–Kier alpha value is -2.94. The Morgan fingerprint density at radius 2 is 2.03 bits per heavy atom. The quantitative estimate of drug-likeness (QED) is 0.476. The molecule has 1 spiro atoms. The molecule has 0 radical (unpaired) electrons. The standard InChI is InChI=1S/C23H26N4O4/c1-14-3-2-4-18-20(14)23(22(31)27(18)13-19(28)29)7-9-26(10-8-23)21(30)15-5-6-17-16(11-15)12-24-25-17/h2-6,11-12,19,22,28-29,31H,7-10,13H2,1H3,(H,24,25). The first kappa shape index (κ1) is 20.0. The van der Waals surface area contributed by atoms with Crippen LogP contribution >= 0.6 is 0 Å². The number of benzene rings is 2. The van der Waals surface area contributed by atoms with Crippen LogP contribution in [-0.4, -0.2) is 68.5 Å². The SMILES string of the molecule is Cc1cccc2c1C1(CCN(C(=O)c3ccc4[nH]ncc4c3)CC1)C(O)N2CC(O)O. The predicted molar refractivity (Wildman–Crippen MR) is 116 cm³/mol. The minimum Gasteiger partial charge on any atom is -0.373 e. The number of H-pyrrole nitrogens is 1. The molecule has 31 heavy (non-hydrogen) atoms. The van der Waals surface area contributed by atoms with E-state index in [-0.39, 0.29) is 12.5 Å². The summed E-state index contributed by atoms with van der Waals surface area (Å²) in [7, 11) is 0. The number of β-amino-alcohol motifs (C(OH)–C–C–N with tert-alkyl or cyclic N) is 2. The first-order valence-corrected chi connectivity index (χ1v) is 10.5. The molecule has 5 rings (SSSR count). The van der Waals surface area contributed by atoms with Crippen LogP contribution in [-0.2, 0) is 5.41 Å². The van der Waals surface area contributed by atoms with Gasteiger partial charge in [-0.15, -0.1) is 0 Å². The summed E-state index contributed by atoms with van der Waals surface area (Å²) in [6.45, 7) is 2.99. The van der Waals surface area contributed by atoms with Crippen molar-refractivity contribution in [3.63, 3.8) is 0 Å². The van der Waals surface area contributed by atoms with Gasteiger partial charge in [-0.05, 0) is 55.2 Å². The lowest BCUT2D eigenvalue weighted by molar-refractivity contribution is -0.0429. The second-order valence-electron chi connectivity index (χ2n) is 8.60. The molecule has 2 aliphatic rings. The second kappa shape index (κ2) is 7.33. The molecule has 1 amide bonds. The van der Waals surface area contributed by atoms with Crippen molar-refractivity contribution >= 4 is 22.5 Å². The molecule has 3 heterocycles. The summed E-state index contributed by atoms with van der Waals surface area (Å²) in [4.78, 5) is 16.6. The maximum atomic E-state index is 13.1. The lowest BCUT2D eigenvalue weighted by atomic mass is 9.71. The van der Waals surface area contributed by atoms with Gasteiger partial charge in [0.25, 0.3) is 5.91 Å². The minimum absolute atomic E-state index is 0.0296. The molecule has 2 aliphatic heterocycles. The third kappa shape index (κ3) is 3.10. The summed E-state index contributed by atoms with van der Waals surface area (Å²) in [6, 6.07) is 11.4. The van der Waals surface area contributed by atoms with E-state index in [0.29, 0.717) is 31.5 Å². The van der Waals surface area contributed by atoms with Gasteiger partial charge in [-0.25, -0.2) is 0 Å². The van der Waals surface area contributed by atoms with Crippen LogP contribution in [0.15, 0.2) is 42.6 Å². The fourth-order valence-corrected chi connectivity index (χ4v) is 5.35. The van der Waals surface area contributed by atoms with E-state index in [1.54, 1.807) is 11.1 Å². The normalized spacial score (nSPS) is 20.1. The molecule has 0 saturated carbocycles. The molecule has 0 bridgehead atoms. The number of amides is 1. The number of likely N-dealkylation sites (tertiary alicyclic amines) is 1. The molecular formula is C23H26N4O4. The average Bonchev–Trinajstić information content (AvgIpc) is 3.31. The Labute approximate surface area is 179 Å². The summed E-state index contributed by atoms with van der Waals surface area (Å²) in [5.74, 6) is -0.0296. The Bertz CT molecular complexity index is 1130. The van der Waals surface area contributed by atoms with Crippen molar-refractivity contribution in [2.75, 3.05) is 24.5 Å². The smallest absolute Gasteiger partial charge is 0.253 e. The number of carbonyl (C=O) groups is 1. The number of piperidine rings is 1. The number of hydrogen-bond donors (Lipinski definition) is 4. The lowest BCUT2D eigenvalue weighted by Crippen LogP contribution is -2.53. The van der Waals surface area contributed by atoms with Gasteiger partial charge in [-0.3, -0.25) is 9.89 Å². The molecular weight excluding hydrogens is 396 g/mol. The highest BCUT2D eigenvalue weighted by Crippen LogP contribution is 2.51. The molecule has 3 aromatic rings. The number of aromatic amines is 1. The second-order valence-corrected chi connectivity index (χ2v) is 8.60. The molecule has 1 atom stereocenters. The molecule has 8 heteroatoms. The Balaban J connectivity index is 1.41.